The molecule has 226 valence electrons. The van der Waals surface area contributed by atoms with Crippen LogP contribution in [-0.2, 0) is 32.0 Å². The van der Waals surface area contributed by atoms with Crippen LogP contribution in [0.4, 0.5) is 0 Å². The second-order valence-corrected chi connectivity index (χ2v) is 10.9. The summed E-state index contributed by atoms with van der Waals surface area (Å²) < 4.78 is 0. The maximum Gasteiger partial charge on any atom is 0.303 e. The molecule has 2 aromatic heterocycles. The zero-order valence-electron chi connectivity index (χ0n) is 25.4. The summed E-state index contributed by atoms with van der Waals surface area (Å²) >= 11 is 0. The summed E-state index contributed by atoms with van der Waals surface area (Å²) in [6.45, 7) is 11.4. The lowest BCUT2D eigenvalue weighted by Gasteiger charge is -2.04. The van der Waals surface area contributed by atoms with E-state index in [0.29, 0.717) is 46.4 Å². The van der Waals surface area contributed by atoms with Crippen LogP contribution in [0.25, 0.3) is 18.2 Å². The highest BCUT2D eigenvalue weighted by atomic mass is 16.4. The van der Waals surface area contributed by atoms with Gasteiger partial charge in [-0.3, -0.25) is 19.2 Å². The molecule has 0 saturated heterocycles. The molecule has 0 bridgehead atoms. The van der Waals surface area contributed by atoms with Crippen LogP contribution in [0.2, 0.25) is 0 Å². The first-order chi connectivity index (χ1) is 20.4. The maximum absolute atomic E-state index is 12.3. The summed E-state index contributed by atoms with van der Waals surface area (Å²) in [5, 5.41) is 23.2. The van der Waals surface area contributed by atoms with Crippen LogP contribution in [0.1, 0.15) is 87.0 Å². The van der Waals surface area contributed by atoms with Gasteiger partial charge < -0.3 is 25.5 Å². The summed E-state index contributed by atoms with van der Waals surface area (Å²) in [6, 6.07) is 0. The molecular formula is C33H38N4O6. The van der Waals surface area contributed by atoms with E-state index in [0.717, 1.165) is 44.4 Å². The number of aliphatic carboxylic acids is 2. The van der Waals surface area contributed by atoms with Gasteiger partial charge in [0.05, 0.1) is 5.71 Å². The number of nitrogens with one attached hydrogen (secondary N) is 3. The van der Waals surface area contributed by atoms with E-state index in [9.17, 15) is 29.4 Å². The van der Waals surface area contributed by atoms with E-state index < -0.39 is 11.9 Å². The molecule has 0 aliphatic carbocycles. The van der Waals surface area contributed by atoms with Gasteiger partial charge in [0, 0.05) is 51.8 Å². The van der Waals surface area contributed by atoms with Crippen LogP contribution in [0.15, 0.2) is 33.0 Å². The molecule has 0 saturated carbocycles. The van der Waals surface area contributed by atoms with Crippen LogP contribution in [0.3, 0.4) is 0 Å². The molecule has 0 unspecified atom stereocenters. The number of aliphatic imine (C=N–C) groups is 1. The molecular weight excluding hydrogens is 548 g/mol. The van der Waals surface area contributed by atoms with E-state index in [1.165, 1.54) is 0 Å². The molecule has 2 aromatic rings. The Morgan fingerprint density at radius 2 is 1.37 bits per heavy atom. The first-order valence-electron chi connectivity index (χ1n) is 14.5. The average molecular weight is 587 g/mol. The van der Waals surface area contributed by atoms with E-state index >= 15 is 0 Å². The minimum Gasteiger partial charge on any atom is -0.481 e. The number of hydrogen-bond acceptors (Lipinski definition) is 4. The van der Waals surface area contributed by atoms with Gasteiger partial charge in [0.25, 0.3) is 11.8 Å². The second-order valence-electron chi connectivity index (χ2n) is 10.9. The van der Waals surface area contributed by atoms with Crippen LogP contribution in [0.5, 0.6) is 0 Å². The number of H-pyrrole nitrogens is 2. The minimum atomic E-state index is -0.922. The summed E-state index contributed by atoms with van der Waals surface area (Å²) in [5.41, 5.74) is 9.15. The van der Waals surface area contributed by atoms with Crippen molar-refractivity contribution in [1.82, 2.24) is 15.3 Å². The largest absolute Gasteiger partial charge is 0.481 e. The number of aromatic nitrogens is 2. The van der Waals surface area contributed by atoms with E-state index in [4.69, 9.17) is 0 Å². The van der Waals surface area contributed by atoms with E-state index in [-0.39, 0.29) is 37.5 Å². The lowest BCUT2D eigenvalue weighted by atomic mass is 10.0. The number of carboxylic acid groups (broad SMARTS) is 2. The van der Waals surface area contributed by atoms with Crippen LogP contribution in [-0.4, -0.2) is 49.6 Å². The lowest BCUT2D eigenvalue weighted by molar-refractivity contribution is -0.138. The van der Waals surface area contributed by atoms with Gasteiger partial charge >= 0.3 is 11.9 Å². The molecule has 2 aliphatic heterocycles. The predicted molar refractivity (Wildman–Crippen MR) is 165 cm³/mol. The summed E-state index contributed by atoms with van der Waals surface area (Å²) in [6.07, 6.45) is 7.25. The summed E-state index contributed by atoms with van der Waals surface area (Å²) in [7, 11) is 0. The van der Waals surface area contributed by atoms with Gasteiger partial charge in [0.15, 0.2) is 0 Å². The zero-order chi connectivity index (χ0) is 31.6. The predicted octanol–water partition coefficient (Wildman–Crippen LogP) is 3.51. The maximum atomic E-state index is 12.3. The highest BCUT2D eigenvalue weighted by Gasteiger charge is 2.24. The Bertz CT molecular complexity index is 1790. The van der Waals surface area contributed by atoms with Crippen LogP contribution in [0, 0.1) is 13.8 Å². The lowest BCUT2D eigenvalue weighted by Crippen LogP contribution is -2.15. The standard InChI is InChI=1S/C33H38N4O6/c1-7-20-19(6)32(42)37-27(20)14-25-18(5)23(10-12-31(40)41)29(35-25)15-28-22(9-11-30(38)39)17(4)24(34-28)13-26-16(3)21(8-2)33(43)36-26/h13-15,34-35H,7-12H2,1-6H3,(H,37,42)(H,38,39)(H,40,41)/b24-13+,27-14+,28-15+. The Kier molecular flexibility index (Phi) is 9.18. The molecule has 10 nitrogen and oxygen atoms in total. The van der Waals surface area contributed by atoms with Crippen molar-refractivity contribution in [3.8, 4) is 0 Å². The molecule has 4 rings (SSSR count). The number of amides is 2. The fourth-order valence-corrected chi connectivity index (χ4v) is 5.77. The Morgan fingerprint density at radius 3 is 1.95 bits per heavy atom. The highest BCUT2D eigenvalue weighted by molar-refractivity contribution is 6.30. The quantitative estimate of drug-likeness (QED) is 0.270. The highest BCUT2D eigenvalue weighted by Crippen LogP contribution is 2.28. The van der Waals surface area contributed by atoms with Crippen molar-refractivity contribution in [2.24, 2.45) is 4.99 Å². The summed E-state index contributed by atoms with van der Waals surface area (Å²) in [5.74, 6) is -2.22. The number of carbonyl (C=O) groups excluding carboxylic acids is 2. The molecule has 2 amide bonds. The van der Waals surface area contributed by atoms with Gasteiger partial charge in [-0.25, -0.2) is 4.99 Å². The molecule has 0 radical (unpaired) electrons. The molecule has 0 aromatic carbocycles. The van der Waals surface area contributed by atoms with Gasteiger partial charge in [0.1, 0.15) is 0 Å². The molecule has 0 spiro atoms. The number of nitrogens with zero attached hydrogens (tertiary/aromatic N) is 1. The van der Waals surface area contributed by atoms with Crippen molar-refractivity contribution in [2.75, 3.05) is 0 Å². The monoisotopic (exact) mass is 586 g/mol. The van der Waals surface area contributed by atoms with Gasteiger partial charge in [-0.05, 0) is 105 Å². The van der Waals surface area contributed by atoms with Crippen LogP contribution < -0.4 is 16.0 Å². The number of hydrogen-bond donors (Lipinski definition) is 5. The van der Waals surface area contributed by atoms with E-state index in [1.54, 1.807) is 6.92 Å². The van der Waals surface area contributed by atoms with Gasteiger partial charge in [-0.2, -0.15) is 0 Å². The molecule has 0 atom stereocenters. The van der Waals surface area contributed by atoms with Crippen molar-refractivity contribution >= 4 is 47.7 Å². The van der Waals surface area contributed by atoms with Crippen molar-refractivity contribution in [3.05, 3.63) is 72.3 Å². The molecule has 2 aliphatic rings. The molecule has 10 heteroatoms. The molecule has 0 fully saturated rings. The third kappa shape index (κ3) is 6.38. The Balaban J connectivity index is 1.91. The average Bonchev–Trinajstić information content (AvgIpc) is 3.59. The van der Waals surface area contributed by atoms with Gasteiger partial charge in [0.2, 0.25) is 0 Å². The third-order valence-corrected chi connectivity index (χ3v) is 8.33. The van der Waals surface area contributed by atoms with Gasteiger partial charge in [-0.1, -0.05) is 13.8 Å². The van der Waals surface area contributed by atoms with E-state index in [1.807, 2.05) is 52.8 Å². The van der Waals surface area contributed by atoms with E-state index in [2.05, 4.69) is 20.3 Å². The molecule has 5 N–H and O–H groups in total. The second kappa shape index (κ2) is 12.6. The van der Waals surface area contributed by atoms with Gasteiger partial charge in [-0.15, -0.1) is 0 Å². The van der Waals surface area contributed by atoms with Crippen molar-refractivity contribution in [3.63, 3.8) is 0 Å². The Labute approximate surface area is 249 Å². The zero-order valence-corrected chi connectivity index (χ0v) is 25.4. The molecule has 43 heavy (non-hydrogen) atoms. The number of aromatic amines is 2. The fourth-order valence-electron chi connectivity index (χ4n) is 5.77. The SMILES string of the molecule is CCC1=C(C)C(/C=c2/[nH]/c(=C/c3[nH]c(/C=C4/NC(=O)C(C)=C4CC)c(C)c3CCC(=O)O)c(CCC(=O)O)c2C)=NC1=O. The Morgan fingerprint density at radius 1 is 0.744 bits per heavy atom. The van der Waals surface area contributed by atoms with Crippen molar-refractivity contribution < 1.29 is 29.4 Å². The normalized spacial score (nSPS) is 17.2. The minimum absolute atomic E-state index is 0.0701. The van der Waals surface area contributed by atoms with Crippen LogP contribution >= 0.6 is 0 Å². The Hall–Kier alpha value is -4.73. The number of rotatable bonds is 11. The first kappa shape index (κ1) is 31.2. The first-order valence-corrected chi connectivity index (χ1v) is 14.5. The smallest absolute Gasteiger partial charge is 0.303 e. The fraction of sp³-hybridized carbons (Fsp3) is 0.364. The number of allylic oxidation sites excluding steroid dienone is 2. The number of carbonyl (C=O) groups is 4. The number of carboxylic acids is 2. The van der Waals surface area contributed by atoms with Crippen molar-refractivity contribution in [2.45, 2.75) is 80.1 Å². The van der Waals surface area contributed by atoms with Crippen molar-refractivity contribution in [1.29, 1.82) is 0 Å². The summed E-state index contributed by atoms with van der Waals surface area (Å²) in [4.78, 5) is 58.7. The topological polar surface area (TPSA) is 165 Å². The third-order valence-electron chi connectivity index (χ3n) is 8.33. The molecule has 4 heterocycles.